The number of hydrogen-bond donors (Lipinski definition) is 1. The van der Waals surface area contributed by atoms with Crippen LogP contribution < -0.4 is 5.32 Å². The molecular formula is C15H24IN3O. The molecule has 4 nitrogen and oxygen atoms in total. The number of nitrogens with zero attached hydrogens (tertiary/aromatic N) is 2. The van der Waals surface area contributed by atoms with E-state index in [1.54, 1.807) is 0 Å². The van der Waals surface area contributed by atoms with Crippen LogP contribution in [-0.2, 0) is 11.2 Å². The quantitative estimate of drug-likeness (QED) is 0.753. The molecule has 5 heteroatoms. The van der Waals surface area contributed by atoms with Gasteiger partial charge in [-0.2, -0.15) is 0 Å². The fraction of sp³-hybridized carbons (Fsp3) is 0.733. The summed E-state index contributed by atoms with van der Waals surface area (Å²) in [4.78, 5) is 9.63. The van der Waals surface area contributed by atoms with E-state index in [2.05, 4.69) is 41.8 Å². The molecule has 112 valence electrons. The molecule has 0 spiro atoms. The Hall–Kier alpha value is -0.430. The molecule has 1 aliphatic heterocycles. The Labute approximate surface area is 135 Å². The molecule has 1 fully saturated rings. The van der Waals surface area contributed by atoms with Crippen molar-refractivity contribution >= 4 is 28.4 Å². The van der Waals surface area contributed by atoms with Crippen LogP contribution in [0.3, 0.4) is 0 Å². The van der Waals surface area contributed by atoms with Gasteiger partial charge in [-0.3, -0.25) is 0 Å². The lowest BCUT2D eigenvalue weighted by Gasteiger charge is -2.22. The molecule has 0 radical (unpaired) electrons. The Morgan fingerprint density at radius 1 is 1.20 bits per heavy atom. The summed E-state index contributed by atoms with van der Waals surface area (Å²) < 4.78 is 6.63. The fourth-order valence-electron chi connectivity index (χ4n) is 2.41. The molecular weight excluding hydrogens is 365 g/mol. The third-order valence-electron chi connectivity index (χ3n) is 3.55. The summed E-state index contributed by atoms with van der Waals surface area (Å²) >= 11 is 2.38. The van der Waals surface area contributed by atoms with Crippen LogP contribution in [0.1, 0.15) is 57.0 Å². The van der Waals surface area contributed by atoms with Gasteiger partial charge in [0.1, 0.15) is 11.6 Å². The molecule has 1 saturated heterocycles. The van der Waals surface area contributed by atoms with Crippen LogP contribution in [0.5, 0.6) is 0 Å². The normalized spacial score (nSPS) is 16.4. The smallest absolute Gasteiger partial charge is 0.143 e. The van der Waals surface area contributed by atoms with E-state index in [-0.39, 0.29) is 0 Å². The minimum atomic E-state index is 0.457. The van der Waals surface area contributed by atoms with Crippen molar-refractivity contribution in [1.29, 1.82) is 0 Å². The zero-order valence-corrected chi connectivity index (χ0v) is 14.6. The summed E-state index contributed by atoms with van der Waals surface area (Å²) in [5, 5.41) is 3.45. The Kier molecular flexibility index (Phi) is 6.48. The van der Waals surface area contributed by atoms with Gasteiger partial charge in [0.25, 0.3) is 0 Å². The monoisotopic (exact) mass is 389 g/mol. The molecule has 0 unspecified atom stereocenters. The topological polar surface area (TPSA) is 47.0 Å². The van der Waals surface area contributed by atoms with E-state index in [9.17, 15) is 0 Å². The zero-order chi connectivity index (χ0) is 14.4. The highest BCUT2D eigenvalue weighted by atomic mass is 127. The molecule has 0 bridgehead atoms. The molecule has 2 heterocycles. The minimum Gasteiger partial charge on any atom is -0.381 e. The molecule has 1 aromatic rings. The second-order valence-corrected chi connectivity index (χ2v) is 6.33. The van der Waals surface area contributed by atoms with Crippen molar-refractivity contribution in [3.8, 4) is 0 Å². The maximum absolute atomic E-state index is 5.45. The number of ether oxygens (including phenoxy) is 1. The Morgan fingerprint density at radius 3 is 2.60 bits per heavy atom. The van der Waals surface area contributed by atoms with Crippen molar-refractivity contribution in [3.05, 3.63) is 15.1 Å². The van der Waals surface area contributed by atoms with Gasteiger partial charge in [0.05, 0.1) is 9.26 Å². The van der Waals surface area contributed by atoms with Crippen LogP contribution >= 0.6 is 22.6 Å². The number of hydrogen-bond acceptors (Lipinski definition) is 4. The van der Waals surface area contributed by atoms with Gasteiger partial charge >= 0.3 is 0 Å². The summed E-state index contributed by atoms with van der Waals surface area (Å²) in [6, 6.07) is 0. The Balaban J connectivity index is 2.27. The van der Waals surface area contributed by atoms with Gasteiger partial charge in [-0.15, -0.1) is 0 Å². The van der Waals surface area contributed by atoms with Gasteiger partial charge < -0.3 is 10.1 Å². The fourth-order valence-corrected chi connectivity index (χ4v) is 3.12. The van der Waals surface area contributed by atoms with Gasteiger partial charge in [0.15, 0.2) is 0 Å². The Bertz CT molecular complexity index is 433. The zero-order valence-electron chi connectivity index (χ0n) is 12.4. The highest BCUT2D eigenvalue weighted by Crippen LogP contribution is 2.28. The number of nitrogens with one attached hydrogen (secondary N) is 1. The lowest BCUT2D eigenvalue weighted by molar-refractivity contribution is 0.0835. The third kappa shape index (κ3) is 4.04. The van der Waals surface area contributed by atoms with E-state index in [0.29, 0.717) is 5.92 Å². The van der Waals surface area contributed by atoms with Gasteiger partial charge in [0.2, 0.25) is 0 Å². The van der Waals surface area contributed by atoms with Crippen LogP contribution in [-0.4, -0.2) is 29.7 Å². The average Bonchev–Trinajstić information content (AvgIpc) is 2.49. The highest BCUT2D eigenvalue weighted by molar-refractivity contribution is 14.1. The van der Waals surface area contributed by atoms with Crippen LogP contribution in [0, 0.1) is 3.57 Å². The third-order valence-corrected chi connectivity index (χ3v) is 4.69. The van der Waals surface area contributed by atoms with Gasteiger partial charge in [-0.05, 0) is 48.3 Å². The molecule has 1 aliphatic rings. The number of aryl methyl sites for hydroxylation is 1. The average molecular weight is 389 g/mol. The predicted molar refractivity (Wildman–Crippen MR) is 90.3 cm³/mol. The summed E-state index contributed by atoms with van der Waals surface area (Å²) in [5.74, 6) is 2.49. The summed E-state index contributed by atoms with van der Waals surface area (Å²) in [7, 11) is 0. The maximum Gasteiger partial charge on any atom is 0.143 e. The first-order valence-corrected chi connectivity index (χ1v) is 8.72. The number of aromatic nitrogens is 2. The first-order valence-electron chi connectivity index (χ1n) is 7.64. The van der Waals surface area contributed by atoms with Crippen molar-refractivity contribution in [2.75, 3.05) is 25.1 Å². The molecule has 2 rings (SSSR count). The second-order valence-electron chi connectivity index (χ2n) is 5.25. The molecule has 0 amide bonds. The lowest BCUT2D eigenvalue weighted by Crippen LogP contribution is -2.19. The minimum absolute atomic E-state index is 0.457. The van der Waals surface area contributed by atoms with Crippen LogP contribution in [0.15, 0.2) is 0 Å². The predicted octanol–water partition coefficient (Wildman–Crippen LogP) is 3.75. The molecule has 20 heavy (non-hydrogen) atoms. The van der Waals surface area contributed by atoms with Crippen LogP contribution in [0.2, 0.25) is 0 Å². The number of rotatable bonds is 6. The molecule has 0 saturated carbocycles. The summed E-state index contributed by atoms with van der Waals surface area (Å²) in [6.07, 6.45) is 5.33. The standard InChI is InChI=1S/C15H24IN3O/c1-3-5-12-13(16)15(17-8-4-2)19-14(18-12)11-6-9-20-10-7-11/h11H,3-10H2,1-2H3,(H,17,18,19). The molecule has 0 atom stereocenters. The van der Waals surface area contributed by atoms with Crippen LogP contribution in [0.4, 0.5) is 5.82 Å². The SMILES string of the molecule is CCCNc1nc(C2CCOCC2)nc(CCC)c1I. The molecule has 0 aromatic carbocycles. The Morgan fingerprint density at radius 2 is 1.95 bits per heavy atom. The van der Waals surface area contributed by atoms with E-state index in [4.69, 9.17) is 14.7 Å². The number of anilines is 1. The molecule has 1 N–H and O–H groups in total. The van der Waals surface area contributed by atoms with Crippen molar-refractivity contribution in [1.82, 2.24) is 9.97 Å². The van der Waals surface area contributed by atoms with E-state index >= 15 is 0 Å². The summed E-state index contributed by atoms with van der Waals surface area (Å²) in [6.45, 7) is 7.01. The van der Waals surface area contributed by atoms with Crippen molar-refractivity contribution in [2.45, 2.75) is 51.9 Å². The van der Waals surface area contributed by atoms with Gasteiger partial charge in [-0.25, -0.2) is 9.97 Å². The maximum atomic E-state index is 5.45. The van der Waals surface area contributed by atoms with Gasteiger partial charge in [0, 0.05) is 25.7 Å². The second kappa shape index (κ2) is 8.12. The lowest BCUT2D eigenvalue weighted by atomic mass is 9.99. The first kappa shape index (κ1) is 15.9. The van der Waals surface area contributed by atoms with E-state index in [1.807, 2.05) is 0 Å². The van der Waals surface area contributed by atoms with E-state index in [0.717, 1.165) is 63.5 Å². The van der Waals surface area contributed by atoms with E-state index < -0.39 is 0 Å². The van der Waals surface area contributed by atoms with Crippen molar-refractivity contribution in [3.63, 3.8) is 0 Å². The largest absolute Gasteiger partial charge is 0.381 e. The summed E-state index contributed by atoms with van der Waals surface area (Å²) in [5.41, 5.74) is 1.20. The first-order chi connectivity index (χ1) is 9.76. The van der Waals surface area contributed by atoms with Crippen molar-refractivity contribution < 1.29 is 4.74 Å². The number of halogens is 1. The highest BCUT2D eigenvalue weighted by Gasteiger charge is 2.21. The van der Waals surface area contributed by atoms with E-state index in [1.165, 1.54) is 9.26 Å². The van der Waals surface area contributed by atoms with Gasteiger partial charge in [-0.1, -0.05) is 20.3 Å². The van der Waals surface area contributed by atoms with Crippen molar-refractivity contribution in [2.24, 2.45) is 0 Å². The van der Waals surface area contributed by atoms with Crippen LogP contribution in [0.25, 0.3) is 0 Å². The molecule has 1 aromatic heterocycles. The molecule has 0 aliphatic carbocycles.